The molecule has 182 valence electrons. The summed E-state index contributed by atoms with van der Waals surface area (Å²) in [5.41, 5.74) is 4.78. The smallest absolute Gasteiger partial charge is 0.407 e. The van der Waals surface area contributed by atoms with E-state index in [-0.39, 0.29) is 36.9 Å². The van der Waals surface area contributed by atoms with E-state index in [2.05, 4.69) is 22.6 Å². The largest absolute Gasteiger partial charge is 0.480 e. The number of aliphatic carboxylic acids is 1. The van der Waals surface area contributed by atoms with Crippen molar-refractivity contribution in [2.45, 2.75) is 12.5 Å². The Balaban J connectivity index is 1.37. The van der Waals surface area contributed by atoms with Crippen LogP contribution < -0.4 is 5.32 Å². The van der Waals surface area contributed by atoms with E-state index in [9.17, 15) is 14.4 Å². The maximum atomic E-state index is 12.9. The Kier molecular flexibility index (Phi) is 7.71. The van der Waals surface area contributed by atoms with Crippen LogP contribution in [0.5, 0.6) is 0 Å². The van der Waals surface area contributed by atoms with Crippen LogP contribution in [0, 0.1) is 0 Å². The lowest BCUT2D eigenvalue weighted by molar-refractivity contribution is -0.137. The molecule has 1 aliphatic carbocycles. The van der Waals surface area contributed by atoms with Crippen LogP contribution in [-0.2, 0) is 16.1 Å². The number of nitrogens with zero attached hydrogens (tertiary/aromatic N) is 2. The highest BCUT2D eigenvalue weighted by Gasteiger charge is 2.29. The molecule has 0 saturated carbocycles. The number of benzene rings is 2. The molecule has 1 aliphatic rings. The molecule has 4 rings (SSSR count). The van der Waals surface area contributed by atoms with Gasteiger partial charge in [0, 0.05) is 18.2 Å². The first kappa shape index (κ1) is 24.3. The molecule has 1 heterocycles. The zero-order valence-electron chi connectivity index (χ0n) is 19.1. The number of thioether (sulfide) groups is 1. The SMILES string of the molecule is CSCCN(CC(=O)O)C(=O)c1conc1CNC(=O)OCC1c2ccccc2-c2ccccc21. The van der Waals surface area contributed by atoms with Crippen molar-refractivity contribution in [2.75, 3.05) is 31.7 Å². The van der Waals surface area contributed by atoms with Gasteiger partial charge in [0.2, 0.25) is 0 Å². The fraction of sp³-hybridized carbons (Fsp3) is 0.280. The first-order valence-corrected chi connectivity index (χ1v) is 12.4. The molecule has 0 unspecified atom stereocenters. The number of amides is 2. The first-order chi connectivity index (χ1) is 17.0. The van der Waals surface area contributed by atoms with Gasteiger partial charge in [0.1, 0.15) is 30.7 Å². The van der Waals surface area contributed by atoms with Crippen LogP contribution in [0.15, 0.2) is 59.3 Å². The van der Waals surface area contributed by atoms with Crippen molar-refractivity contribution in [1.82, 2.24) is 15.4 Å². The number of carbonyl (C=O) groups is 3. The minimum Gasteiger partial charge on any atom is -0.480 e. The Hall–Kier alpha value is -3.79. The van der Waals surface area contributed by atoms with E-state index >= 15 is 0 Å². The van der Waals surface area contributed by atoms with E-state index < -0.39 is 24.5 Å². The third-order valence-electron chi connectivity index (χ3n) is 5.80. The van der Waals surface area contributed by atoms with Crippen molar-refractivity contribution in [1.29, 1.82) is 0 Å². The summed E-state index contributed by atoms with van der Waals surface area (Å²) >= 11 is 1.50. The Morgan fingerprint density at radius 2 is 1.77 bits per heavy atom. The highest BCUT2D eigenvalue weighted by atomic mass is 32.2. The van der Waals surface area contributed by atoms with Gasteiger partial charge in [0.05, 0.1) is 6.54 Å². The third kappa shape index (κ3) is 5.48. The molecule has 10 heteroatoms. The highest BCUT2D eigenvalue weighted by Crippen LogP contribution is 2.44. The number of ether oxygens (including phenoxy) is 1. The van der Waals surface area contributed by atoms with Gasteiger partial charge in [-0.05, 0) is 28.5 Å². The summed E-state index contributed by atoms with van der Waals surface area (Å²) in [5, 5.41) is 15.5. The number of carboxylic acids is 1. The van der Waals surface area contributed by atoms with Crippen LogP contribution in [0.3, 0.4) is 0 Å². The Labute approximate surface area is 206 Å². The standard InChI is InChI=1S/C25H25N3O6S/c1-35-11-10-28(13-23(29)30)24(31)21-15-34-27-22(21)12-26-25(32)33-14-20-18-8-4-2-6-16(18)17-7-3-5-9-19(17)20/h2-9,15,20H,10-14H2,1H3,(H,26,32)(H,29,30). The van der Waals surface area contributed by atoms with Crippen LogP contribution in [-0.4, -0.2) is 64.8 Å². The van der Waals surface area contributed by atoms with Gasteiger partial charge in [-0.1, -0.05) is 53.7 Å². The van der Waals surface area contributed by atoms with Gasteiger partial charge in [-0.2, -0.15) is 11.8 Å². The normalized spacial score (nSPS) is 12.0. The summed E-state index contributed by atoms with van der Waals surface area (Å²) in [6.45, 7) is -0.121. The Morgan fingerprint density at radius 1 is 1.11 bits per heavy atom. The minimum absolute atomic E-state index is 0.0710. The fourth-order valence-corrected chi connectivity index (χ4v) is 4.56. The van der Waals surface area contributed by atoms with Crippen LogP contribution >= 0.6 is 11.8 Å². The molecule has 0 bridgehead atoms. The second kappa shape index (κ2) is 11.1. The van der Waals surface area contributed by atoms with E-state index in [0.717, 1.165) is 28.5 Å². The number of hydrogen-bond donors (Lipinski definition) is 2. The van der Waals surface area contributed by atoms with Crippen molar-refractivity contribution >= 4 is 29.7 Å². The number of nitrogens with one attached hydrogen (secondary N) is 1. The molecule has 2 aromatic carbocycles. The molecule has 1 aromatic heterocycles. The summed E-state index contributed by atoms with van der Waals surface area (Å²) in [7, 11) is 0. The van der Waals surface area contributed by atoms with E-state index in [0.29, 0.717) is 5.75 Å². The molecular weight excluding hydrogens is 470 g/mol. The van der Waals surface area contributed by atoms with Crippen molar-refractivity contribution in [3.8, 4) is 11.1 Å². The second-order valence-corrected chi connectivity index (χ2v) is 8.95. The number of rotatable bonds is 10. The molecular formula is C25H25N3O6S. The second-order valence-electron chi connectivity index (χ2n) is 7.97. The number of fused-ring (bicyclic) bond motifs is 3. The quantitative estimate of drug-likeness (QED) is 0.438. The van der Waals surface area contributed by atoms with Gasteiger partial charge in [-0.15, -0.1) is 0 Å². The number of alkyl carbamates (subject to hydrolysis) is 1. The van der Waals surface area contributed by atoms with Gasteiger partial charge in [-0.3, -0.25) is 9.59 Å². The summed E-state index contributed by atoms with van der Waals surface area (Å²) in [4.78, 5) is 37.7. The van der Waals surface area contributed by atoms with E-state index in [1.807, 2.05) is 42.7 Å². The maximum Gasteiger partial charge on any atom is 0.407 e. The molecule has 0 fully saturated rings. The topological polar surface area (TPSA) is 122 Å². The lowest BCUT2D eigenvalue weighted by Gasteiger charge is -2.19. The number of carboxylic acid groups (broad SMARTS) is 1. The molecule has 0 aliphatic heterocycles. The van der Waals surface area contributed by atoms with Crippen LogP contribution in [0.4, 0.5) is 4.79 Å². The van der Waals surface area contributed by atoms with Crippen molar-refractivity contribution in [2.24, 2.45) is 0 Å². The van der Waals surface area contributed by atoms with E-state index in [1.165, 1.54) is 16.7 Å². The molecule has 9 nitrogen and oxygen atoms in total. The van der Waals surface area contributed by atoms with E-state index in [1.54, 1.807) is 0 Å². The van der Waals surface area contributed by atoms with Crippen LogP contribution in [0.2, 0.25) is 0 Å². The molecule has 3 aromatic rings. The summed E-state index contributed by atoms with van der Waals surface area (Å²) in [6.07, 6.45) is 2.37. The van der Waals surface area contributed by atoms with Crippen LogP contribution in [0.1, 0.15) is 33.1 Å². The number of aromatic nitrogens is 1. The Bertz CT molecular complexity index is 1180. The zero-order valence-corrected chi connectivity index (χ0v) is 19.9. The fourth-order valence-electron chi connectivity index (χ4n) is 4.15. The van der Waals surface area contributed by atoms with Gasteiger partial charge in [-0.25, -0.2) is 4.79 Å². The predicted octanol–water partition coefficient (Wildman–Crippen LogP) is 3.60. The number of carbonyl (C=O) groups excluding carboxylic acids is 2. The average Bonchev–Trinajstić information content (AvgIpc) is 3.46. The highest BCUT2D eigenvalue weighted by molar-refractivity contribution is 7.98. The van der Waals surface area contributed by atoms with Gasteiger partial charge >= 0.3 is 12.1 Å². The Morgan fingerprint density at radius 3 is 2.40 bits per heavy atom. The molecule has 0 spiro atoms. The van der Waals surface area contributed by atoms with Crippen molar-refractivity contribution in [3.05, 3.63) is 77.2 Å². The van der Waals surface area contributed by atoms with Crippen molar-refractivity contribution in [3.63, 3.8) is 0 Å². The molecule has 2 amide bonds. The molecule has 0 radical (unpaired) electrons. The van der Waals surface area contributed by atoms with Gasteiger partial charge in [0.15, 0.2) is 0 Å². The average molecular weight is 496 g/mol. The lowest BCUT2D eigenvalue weighted by Crippen LogP contribution is -2.38. The predicted molar refractivity (Wildman–Crippen MR) is 130 cm³/mol. The lowest BCUT2D eigenvalue weighted by atomic mass is 9.98. The van der Waals surface area contributed by atoms with Crippen LogP contribution in [0.25, 0.3) is 11.1 Å². The summed E-state index contributed by atoms with van der Waals surface area (Å²) in [6, 6.07) is 16.1. The molecule has 2 N–H and O–H groups in total. The van der Waals surface area contributed by atoms with E-state index in [4.69, 9.17) is 14.4 Å². The summed E-state index contributed by atoms with van der Waals surface area (Å²) in [5.74, 6) is -1.13. The number of hydrogen-bond acceptors (Lipinski definition) is 7. The van der Waals surface area contributed by atoms with Crippen molar-refractivity contribution < 1.29 is 28.8 Å². The monoisotopic (exact) mass is 495 g/mol. The first-order valence-electron chi connectivity index (χ1n) is 11.0. The van der Waals surface area contributed by atoms with Gasteiger partial charge in [0.25, 0.3) is 5.91 Å². The molecule has 0 atom stereocenters. The molecule has 0 saturated heterocycles. The minimum atomic E-state index is -1.12. The summed E-state index contributed by atoms with van der Waals surface area (Å²) < 4.78 is 10.4. The maximum absolute atomic E-state index is 12.9. The molecule has 35 heavy (non-hydrogen) atoms. The zero-order chi connectivity index (χ0) is 24.8. The van der Waals surface area contributed by atoms with Gasteiger partial charge < -0.3 is 24.6 Å². The third-order valence-corrected chi connectivity index (χ3v) is 6.39.